The molecule has 0 spiro atoms. The van der Waals surface area contributed by atoms with E-state index in [2.05, 4.69) is 14.7 Å². The number of alkyl halides is 3. The second-order valence-electron chi connectivity index (χ2n) is 4.78. The molecule has 0 N–H and O–H groups in total. The molecule has 0 amide bonds. The lowest BCUT2D eigenvalue weighted by atomic mass is 10.0. The highest BCUT2D eigenvalue weighted by atomic mass is 19.4. The lowest BCUT2D eigenvalue weighted by Gasteiger charge is -2.13. The number of aromatic nitrogens is 3. The van der Waals surface area contributed by atoms with E-state index in [9.17, 15) is 13.2 Å². The highest BCUT2D eigenvalue weighted by Crippen LogP contribution is 2.30. The number of methoxy groups -OCH3 is 1. The van der Waals surface area contributed by atoms with E-state index in [1.54, 1.807) is 35.3 Å². The summed E-state index contributed by atoms with van der Waals surface area (Å²) in [6.45, 7) is 0.145. The Bertz CT molecular complexity index is 830. The van der Waals surface area contributed by atoms with Crippen LogP contribution in [0.4, 0.5) is 13.2 Å². The Balaban J connectivity index is 2.03. The smallest absolute Gasteiger partial charge is 0.406 e. The van der Waals surface area contributed by atoms with Gasteiger partial charge in [0.2, 0.25) is 5.78 Å². The number of fused-ring (bicyclic) bond motifs is 1. The third-order valence-electron chi connectivity index (χ3n) is 3.17. The van der Waals surface area contributed by atoms with Gasteiger partial charge >= 0.3 is 6.36 Å². The summed E-state index contributed by atoms with van der Waals surface area (Å²) in [6.07, 6.45) is 2.03. The van der Waals surface area contributed by atoms with Crippen LogP contribution in [0.1, 0.15) is 5.56 Å². The third-order valence-corrected chi connectivity index (χ3v) is 3.17. The zero-order chi connectivity index (χ0) is 16.4. The molecule has 2 aromatic heterocycles. The fourth-order valence-corrected chi connectivity index (χ4v) is 2.28. The molecular weight excluding hydrogens is 311 g/mol. The highest BCUT2D eigenvalue weighted by molar-refractivity contribution is 5.67. The van der Waals surface area contributed by atoms with Crippen LogP contribution in [-0.4, -0.2) is 27.8 Å². The monoisotopic (exact) mass is 323 g/mol. The van der Waals surface area contributed by atoms with Crippen molar-refractivity contribution in [1.82, 2.24) is 14.4 Å². The number of imidazole rings is 1. The first kappa shape index (κ1) is 15.3. The second-order valence-corrected chi connectivity index (χ2v) is 4.78. The molecule has 0 saturated carbocycles. The molecule has 0 aliphatic heterocycles. The van der Waals surface area contributed by atoms with E-state index in [4.69, 9.17) is 4.74 Å². The molecule has 3 aromatic rings. The van der Waals surface area contributed by atoms with Gasteiger partial charge in [0.1, 0.15) is 5.75 Å². The molecule has 120 valence electrons. The van der Waals surface area contributed by atoms with E-state index in [1.165, 1.54) is 19.2 Å². The minimum atomic E-state index is -4.73. The SMILES string of the molecule is COCc1cc(OC(F)(F)F)ccc1-c1cnc2nccn2c1. The Morgan fingerprint density at radius 1 is 1.22 bits per heavy atom. The molecular formula is C15H12F3N3O2. The molecule has 0 fully saturated rings. The Kier molecular flexibility index (Phi) is 3.91. The van der Waals surface area contributed by atoms with Crippen molar-refractivity contribution in [1.29, 1.82) is 0 Å². The number of benzene rings is 1. The Labute approximate surface area is 129 Å². The summed E-state index contributed by atoms with van der Waals surface area (Å²) in [5, 5.41) is 0. The minimum absolute atomic E-state index is 0.145. The number of rotatable bonds is 4. The van der Waals surface area contributed by atoms with E-state index in [0.717, 1.165) is 5.56 Å². The van der Waals surface area contributed by atoms with Crippen molar-refractivity contribution in [2.75, 3.05) is 7.11 Å². The van der Waals surface area contributed by atoms with Crippen LogP contribution in [0, 0.1) is 0 Å². The summed E-state index contributed by atoms with van der Waals surface area (Å²) in [5.41, 5.74) is 2.01. The van der Waals surface area contributed by atoms with E-state index in [0.29, 0.717) is 16.9 Å². The molecule has 8 heteroatoms. The Hall–Kier alpha value is -2.61. The van der Waals surface area contributed by atoms with E-state index in [1.807, 2.05) is 0 Å². The van der Waals surface area contributed by atoms with Crippen molar-refractivity contribution in [2.45, 2.75) is 13.0 Å². The van der Waals surface area contributed by atoms with E-state index >= 15 is 0 Å². The summed E-state index contributed by atoms with van der Waals surface area (Å²) < 4.78 is 47.8. The second kappa shape index (κ2) is 5.88. The lowest BCUT2D eigenvalue weighted by molar-refractivity contribution is -0.274. The number of hydrogen-bond acceptors (Lipinski definition) is 4. The standard InChI is InChI=1S/C15H12F3N3O2/c1-22-9-10-6-12(23-15(16,17)18)2-3-13(10)11-7-20-14-19-4-5-21(14)8-11/h2-8H,9H2,1H3. The molecule has 0 aliphatic rings. The average molecular weight is 323 g/mol. The average Bonchev–Trinajstić information content (AvgIpc) is 2.93. The zero-order valence-electron chi connectivity index (χ0n) is 12.0. The van der Waals surface area contributed by atoms with Gasteiger partial charge in [0, 0.05) is 37.5 Å². The van der Waals surface area contributed by atoms with Crippen LogP contribution in [0.25, 0.3) is 16.9 Å². The normalized spacial score (nSPS) is 11.8. The Morgan fingerprint density at radius 2 is 2.04 bits per heavy atom. The fourth-order valence-electron chi connectivity index (χ4n) is 2.28. The van der Waals surface area contributed by atoms with Crippen molar-refractivity contribution in [2.24, 2.45) is 0 Å². The Morgan fingerprint density at radius 3 is 2.78 bits per heavy atom. The fraction of sp³-hybridized carbons (Fsp3) is 0.200. The van der Waals surface area contributed by atoms with E-state index < -0.39 is 6.36 Å². The summed E-state index contributed by atoms with van der Waals surface area (Å²) >= 11 is 0. The molecule has 5 nitrogen and oxygen atoms in total. The molecule has 23 heavy (non-hydrogen) atoms. The largest absolute Gasteiger partial charge is 0.573 e. The van der Waals surface area contributed by atoms with Crippen LogP contribution in [-0.2, 0) is 11.3 Å². The molecule has 3 rings (SSSR count). The minimum Gasteiger partial charge on any atom is -0.406 e. The van der Waals surface area contributed by atoms with Crippen LogP contribution >= 0.6 is 0 Å². The lowest BCUT2D eigenvalue weighted by Crippen LogP contribution is -2.17. The third kappa shape index (κ3) is 3.42. The van der Waals surface area contributed by atoms with Gasteiger partial charge < -0.3 is 9.47 Å². The van der Waals surface area contributed by atoms with Gasteiger partial charge in [-0.25, -0.2) is 9.97 Å². The van der Waals surface area contributed by atoms with Gasteiger partial charge in [-0.1, -0.05) is 6.07 Å². The molecule has 2 heterocycles. The predicted molar refractivity (Wildman–Crippen MR) is 75.8 cm³/mol. The molecule has 0 atom stereocenters. The number of ether oxygens (including phenoxy) is 2. The van der Waals surface area contributed by atoms with Crippen molar-refractivity contribution < 1.29 is 22.6 Å². The number of hydrogen-bond donors (Lipinski definition) is 0. The topological polar surface area (TPSA) is 48.7 Å². The van der Waals surface area contributed by atoms with Gasteiger partial charge in [0.25, 0.3) is 0 Å². The van der Waals surface area contributed by atoms with E-state index in [-0.39, 0.29) is 12.4 Å². The first-order valence-corrected chi connectivity index (χ1v) is 6.63. The van der Waals surface area contributed by atoms with Crippen LogP contribution in [0.5, 0.6) is 5.75 Å². The molecule has 0 aliphatic carbocycles. The number of halogens is 3. The highest BCUT2D eigenvalue weighted by Gasteiger charge is 2.31. The van der Waals surface area contributed by atoms with Crippen LogP contribution in [0.3, 0.4) is 0 Å². The zero-order valence-corrected chi connectivity index (χ0v) is 12.0. The summed E-state index contributed by atoms with van der Waals surface area (Å²) in [7, 11) is 1.47. The van der Waals surface area contributed by atoms with Gasteiger partial charge in [-0.15, -0.1) is 13.2 Å². The first-order valence-electron chi connectivity index (χ1n) is 6.63. The van der Waals surface area contributed by atoms with Gasteiger partial charge in [-0.3, -0.25) is 4.40 Å². The van der Waals surface area contributed by atoms with Crippen LogP contribution in [0.2, 0.25) is 0 Å². The summed E-state index contributed by atoms with van der Waals surface area (Å²) in [6, 6.07) is 4.12. The van der Waals surface area contributed by atoms with Crippen LogP contribution < -0.4 is 4.74 Å². The van der Waals surface area contributed by atoms with Crippen molar-refractivity contribution in [3.8, 4) is 16.9 Å². The van der Waals surface area contributed by atoms with Gasteiger partial charge in [-0.05, 0) is 23.3 Å². The number of nitrogens with zero attached hydrogens (tertiary/aromatic N) is 3. The van der Waals surface area contributed by atoms with Crippen molar-refractivity contribution in [3.63, 3.8) is 0 Å². The molecule has 0 saturated heterocycles. The van der Waals surface area contributed by atoms with Crippen molar-refractivity contribution in [3.05, 3.63) is 48.5 Å². The molecule has 0 bridgehead atoms. The first-order chi connectivity index (χ1) is 11.0. The summed E-state index contributed by atoms with van der Waals surface area (Å²) in [5.74, 6) is 0.254. The molecule has 1 aromatic carbocycles. The maximum Gasteiger partial charge on any atom is 0.573 e. The maximum atomic E-state index is 12.3. The van der Waals surface area contributed by atoms with Gasteiger partial charge in [0.05, 0.1) is 6.61 Å². The van der Waals surface area contributed by atoms with Crippen LogP contribution in [0.15, 0.2) is 43.0 Å². The molecule has 0 unspecified atom stereocenters. The van der Waals surface area contributed by atoms with Gasteiger partial charge in [-0.2, -0.15) is 0 Å². The van der Waals surface area contributed by atoms with Gasteiger partial charge in [0.15, 0.2) is 0 Å². The maximum absolute atomic E-state index is 12.3. The van der Waals surface area contributed by atoms with Crippen molar-refractivity contribution >= 4 is 5.78 Å². The predicted octanol–water partition coefficient (Wildman–Crippen LogP) is 3.44. The molecule has 0 radical (unpaired) electrons. The summed E-state index contributed by atoms with van der Waals surface area (Å²) in [4.78, 5) is 8.25. The quantitative estimate of drug-likeness (QED) is 0.738.